The van der Waals surface area contributed by atoms with Crippen LogP contribution in [0.15, 0.2) is 79.4 Å². The zero-order valence-corrected chi connectivity index (χ0v) is 25.0. The van der Waals surface area contributed by atoms with Crippen molar-refractivity contribution < 1.29 is 19.2 Å². The smallest absolute Gasteiger partial charge is 0.262 e. The Hall–Kier alpha value is -4.90. The number of imidazole rings is 1. The molecular formula is C34H29ClN6O4. The van der Waals surface area contributed by atoms with E-state index in [1.54, 1.807) is 36.8 Å². The van der Waals surface area contributed by atoms with Gasteiger partial charge in [-0.2, -0.15) is 0 Å². The topological polar surface area (TPSA) is 117 Å². The molecule has 0 aliphatic carbocycles. The number of aromatic nitrogens is 2. The minimum absolute atomic E-state index is 0.226. The lowest BCUT2D eigenvalue weighted by Crippen LogP contribution is -2.44. The summed E-state index contributed by atoms with van der Waals surface area (Å²) in [5.74, 6) is -1.29. The van der Waals surface area contributed by atoms with E-state index in [-0.39, 0.29) is 36.7 Å². The summed E-state index contributed by atoms with van der Waals surface area (Å²) in [5.41, 5.74) is 2.75. The molecule has 11 heteroatoms. The van der Waals surface area contributed by atoms with Gasteiger partial charge in [-0.15, -0.1) is 0 Å². The zero-order valence-electron chi connectivity index (χ0n) is 24.3. The van der Waals surface area contributed by atoms with Crippen molar-refractivity contribution in [2.24, 2.45) is 0 Å². The Bertz CT molecular complexity index is 1990. The van der Waals surface area contributed by atoms with Crippen molar-refractivity contribution in [1.82, 2.24) is 30.0 Å². The van der Waals surface area contributed by atoms with Crippen LogP contribution < -0.4 is 10.6 Å². The van der Waals surface area contributed by atoms with E-state index in [4.69, 9.17) is 11.6 Å². The van der Waals surface area contributed by atoms with Crippen LogP contribution in [0.1, 0.15) is 47.9 Å². The van der Waals surface area contributed by atoms with Crippen LogP contribution in [-0.4, -0.2) is 82.2 Å². The maximum Gasteiger partial charge on any atom is 0.262 e. The molecule has 0 saturated heterocycles. The molecule has 4 amide bonds. The van der Waals surface area contributed by atoms with Crippen LogP contribution in [0.25, 0.3) is 27.2 Å². The summed E-state index contributed by atoms with van der Waals surface area (Å²) in [6.07, 6.45) is 5.98. The Morgan fingerprint density at radius 1 is 0.667 bits per heavy atom. The number of imide groups is 2. The molecule has 3 heterocycles. The Kier molecular flexibility index (Phi) is 7.62. The van der Waals surface area contributed by atoms with Gasteiger partial charge < -0.3 is 15.2 Å². The van der Waals surface area contributed by atoms with E-state index in [2.05, 4.69) is 15.6 Å². The predicted molar refractivity (Wildman–Crippen MR) is 171 cm³/mol. The number of carbonyl (C=O) groups is 4. The molecule has 0 unspecified atom stereocenters. The highest BCUT2D eigenvalue weighted by molar-refractivity contribution is 6.38. The van der Waals surface area contributed by atoms with E-state index < -0.39 is 0 Å². The number of hydrogen-bond donors (Lipinski definition) is 2. The highest BCUT2D eigenvalue weighted by Gasteiger charge is 2.35. The van der Waals surface area contributed by atoms with Gasteiger partial charge >= 0.3 is 0 Å². The SMILES string of the molecule is O=C1c2cccc3ccc(Cl)c(c23)C(=O)N1CCNCCCNCCN1C(=O)c2cccc3c(-n4ccnc4)ccc(c23)C1=O. The maximum absolute atomic E-state index is 13.4. The van der Waals surface area contributed by atoms with E-state index in [1.807, 2.05) is 47.2 Å². The van der Waals surface area contributed by atoms with Gasteiger partial charge in [0.05, 0.1) is 22.6 Å². The first kappa shape index (κ1) is 28.8. The van der Waals surface area contributed by atoms with Crippen LogP contribution >= 0.6 is 11.6 Å². The molecule has 0 spiro atoms. The highest BCUT2D eigenvalue weighted by Crippen LogP contribution is 2.35. The molecular weight excluding hydrogens is 592 g/mol. The molecule has 10 nitrogen and oxygen atoms in total. The quantitative estimate of drug-likeness (QED) is 0.167. The van der Waals surface area contributed by atoms with Crippen LogP contribution in [0.2, 0.25) is 5.02 Å². The number of amides is 4. The first-order valence-corrected chi connectivity index (χ1v) is 15.2. The number of rotatable bonds is 11. The minimum Gasteiger partial charge on any atom is -0.315 e. The van der Waals surface area contributed by atoms with Crippen LogP contribution in [0.5, 0.6) is 0 Å². The second kappa shape index (κ2) is 11.9. The van der Waals surface area contributed by atoms with Crippen molar-refractivity contribution in [2.75, 3.05) is 39.3 Å². The molecule has 0 bridgehead atoms. The number of carbonyl (C=O) groups excluding carboxylic acids is 4. The van der Waals surface area contributed by atoms with Gasteiger partial charge in [-0.3, -0.25) is 29.0 Å². The van der Waals surface area contributed by atoms with Crippen LogP contribution in [0.3, 0.4) is 0 Å². The van der Waals surface area contributed by atoms with Crippen LogP contribution in [0.4, 0.5) is 0 Å². The number of benzene rings is 4. The van der Waals surface area contributed by atoms with Crippen molar-refractivity contribution >= 4 is 56.8 Å². The molecule has 4 aromatic carbocycles. The van der Waals surface area contributed by atoms with Gasteiger partial charge in [0.2, 0.25) is 0 Å². The van der Waals surface area contributed by atoms with Crippen LogP contribution in [0, 0.1) is 0 Å². The fraction of sp³-hybridized carbons (Fsp3) is 0.206. The largest absolute Gasteiger partial charge is 0.315 e. The predicted octanol–water partition coefficient (Wildman–Crippen LogP) is 4.29. The van der Waals surface area contributed by atoms with Gasteiger partial charge in [-0.25, -0.2) is 4.98 Å². The molecule has 2 aliphatic heterocycles. The van der Waals surface area contributed by atoms with E-state index in [0.717, 1.165) is 22.9 Å². The molecule has 45 heavy (non-hydrogen) atoms. The number of nitrogens with zero attached hydrogens (tertiary/aromatic N) is 4. The van der Waals surface area contributed by atoms with E-state index in [9.17, 15) is 19.2 Å². The normalized spacial score (nSPS) is 14.3. The third-order valence-corrected chi connectivity index (χ3v) is 8.73. The number of halogens is 1. The first-order valence-electron chi connectivity index (χ1n) is 14.8. The third kappa shape index (κ3) is 4.97. The summed E-state index contributed by atoms with van der Waals surface area (Å²) in [5, 5.41) is 9.86. The monoisotopic (exact) mass is 620 g/mol. The van der Waals surface area contributed by atoms with Gasteiger partial charge in [0.25, 0.3) is 23.6 Å². The summed E-state index contributed by atoms with van der Waals surface area (Å²) < 4.78 is 1.87. The lowest BCUT2D eigenvalue weighted by Gasteiger charge is -2.28. The Labute approximate surface area is 263 Å². The molecule has 226 valence electrons. The fourth-order valence-corrected chi connectivity index (χ4v) is 6.49. The Morgan fingerprint density at radius 3 is 2.00 bits per heavy atom. The molecule has 7 rings (SSSR count). The molecule has 1 aromatic heterocycles. The Balaban J connectivity index is 0.885. The Morgan fingerprint density at radius 2 is 1.31 bits per heavy atom. The fourth-order valence-electron chi connectivity index (χ4n) is 6.25. The summed E-state index contributed by atoms with van der Waals surface area (Å²) in [6.45, 7) is 2.70. The number of nitrogens with one attached hydrogen (secondary N) is 2. The van der Waals surface area contributed by atoms with E-state index in [1.165, 1.54) is 9.80 Å². The average molecular weight is 621 g/mol. The third-order valence-electron chi connectivity index (χ3n) is 8.41. The summed E-state index contributed by atoms with van der Waals surface area (Å²) in [7, 11) is 0. The van der Waals surface area contributed by atoms with Crippen molar-refractivity contribution in [3.05, 3.63) is 107 Å². The molecule has 0 atom stereocenters. The van der Waals surface area contributed by atoms with Crippen LogP contribution in [-0.2, 0) is 0 Å². The standard InChI is InChI=1S/C34H29ClN6O4/c35-26-10-8-21-4-1-6-23-28(21)30(26)34(45)41(31(23)42)19-16-37-13-3-12-36-15-18-40-32(43)24-7-2-5-22-27(39-17-14-38-20-39)11-9-25(29(22)24)33(40)44/h1-2,4-11,14,17,20,36-37H,3,12-13,15-16,18-19H2. The average Bonchev–Trinajstić information content (AvgIpc) is 3.59. The van der Waals surface area contributed by atoms with E-state index in [0.29, 0.717) is 64.2 Å². The highest BCUT2D eigenvalue weighted by atomic mass is 35.5. The summed E-state index contributed by atoms with van der Waals surface area (Å²) in [4.78, 5) is 59.6. The zero-order chi connectivity index (χ0) is 31.1. The molecule has 5 aromatic rings. The maximum atomic E-state index is 13.4. The lowest BCUT2D eigenvalue weighted by atomic mass is 9.93. The molecule has 2 aliphatic rings. The molecule has 2 N–H and O–H groups in total. The van der Waals surface area contributed by atoms with Crippen molar-refractivity contribution in [1.29, 1.82) is 0 Å². The van der Waals surface area contributed by atoms with Gasteiger partial charge in [0.1, 0.15) is 0 Å². The second-order valence-electron chi connectivity index (χ2n) is 11.0. The lowest BCUT2D eigenvalue weighted by molar-refractivity contribution is 0.0597. The van der Waals surface area contributed by atoms with Gasteiger partial charge in [0, 0.05) is 71.4 Å². The van der Waals surface area contributed by atoms with E-state index >= 15 is 0 Å². The molecule has 0 fully saturated rings. The van der Waals surface area contributed by atoms with Crippen molar-refractivity contribution in [3.63, 3.8) is 0 Å². The second-order valence-corrected chi connectivity index (χ2v) is 11.4. The summed E-state index contributed by atoms with van der Waals surface area (Å²) >= 11 is 6.37. The van der Waals surface area contributed by atoms with Gasteiger partial charge in [-0.1, -0.05) is 41.9 Å². The minimum atomic E-state index is -0.378. The van der Waals surface area contributed by atoms with Crippen molar-refractivity contribution in [3.8, 4) is 5.69 Å². The summed E-state index contributed by atoms with van der Waals surface area (Å²) in [6, 6.07) is 18.1. The van der Waals surface area contributed by atoms with Gasteiger partial charge in [0.15, 0.2) is 0 Å². The van der Waals surface area contributed by atoms with Crippen molar-refractivity contribution in [2.45, 2.75) is 6.42 Å². The first-order chi connectivity index (χ1) is 22.0. The van der Waals surface area contributed by atoms with Gasteiger partial charge in [-0.05, 0) is 55.2 Å². The molecule has 0 saturated carbocycles. The number of hydrogen-bond acceptors (Lipinski definition) is 7. The molecule has 0 radical (unpaired) electrons.